The van der Waals surface area contributed by atoms with Crippen LogP contribution in [0.25, 0.3) is 0 Å². The molecule has 0 saturated carbocycles. The van der Waals surface area contributed by atoms with Crippen LogP contribution in [0, 0.1) is 0 Å². The maximum atomic E-state index is 5.00. The maximum absolute atomic E-state index is 5.00. The predicted octanol–water partition coefficient (Wildman–Crippen LogP) is 1.78. The molecule has 0 fully saturated rings. The molecule has 0 aromatic heterocycles. The fraction of sp³-hybridized carbons (Fsp3) is 0.667. The highest BCUT2D eigenvalue weighted by Gasteiger charge is 2.19. The molecule has 0 aliphatic carbocycles. The van der Waals surface area contributed by atoms with Crippen molar-refractivity contribution in [3.05, 3.63) is 13.2 Å². The van der Waals surface area contributed by atoms with E-state index in [1.165, 1.54) is 0 Å². The molecule has 0 bridgehead atoms. The minimum absolute atomic E-state index is 1.65. The van der Waals surface area contributed by atoms with Gasteiger partial charge >= 0.3 is 8.56 Å². The SMILES string of the molecule is C=C.CO[Si](C)(C)OC. The monoisotopic (exact) mass is 148 g/mol. The van der Waals surface area contributed by atoms with Gasteiger partial charge in [-0.15, -0.1) is 13.2 Å². The topological polar surface area (TPSA) is 18.5 Å². The molecule has 9 heavy (non-hydrogen) atoms. The molecular weight excluding hydrogens is 132 g/mol. The Morgan fingerprint density at radius 1 is 1.00 bits per heavy atom. The molecule has 0 amide bonds. The van der Waals surface area contributed by atoms with Gasteiger partial charge in [-0.2, -0.15) is 0 Å². The lowest BCUT2D eigenvalue weighted by molar-refractivity contribution is 0.258. The van der Waals surface area contributed by atoms with Gasteiger partial charge in [0.25, 0.3) is 0 Å². The van der Waals surface area contributed by atoms with Crippen molar-refractivity contribution in [1.29, 1.82) is 0 Å². The van der Waals surface area contributed by atoms with Crippen molar-refractivity contribution in [1.82, 2.24) is 0 Å². The molecule has 0 N–H and O–H groups in total. The van der Waals surface area contributed by atoms with Crippen molar-refractivity contribution in [3.8, 4) is 0 Å². The van der Waals surface area contributed by atoms with E-state index in [0.29, 0.717) is 0 Å². The average molecular weight is 148 g/mol. The van der Waals surface area contributed by atoms with E-state index in [1.807, 2.05) is 13.1 Å². The van der Waals surface area contributed by atoms with Gasteiger partial charge in [0.15, 0.2) is 0 Å². The summed E-state index contributed by atoms with van der Waals surface area (Å²) in [7, 11) is 1.70. The van der Waals surface area contributed by atoms with Gasteiger partial charge in [-0.05, 0) is 13.1 Å². The Labute approximate surface area is 58.7 Å². The molecule has 0 heterocycles. The summed E-state index contributed by atoms with van der Waals surface area (Å²) < 4.78 is 10.0. The molecule has 56 valence electrons. The van der Waals surface area contributed by atoms with Gasteiger partial charge in [0.2, 0.25) is 0 Å². The second-order valence-electron chi connectivity index (χ2n) is 1.81. The summed E-state index contributed by atoms with van der Waals surface area (Å²) in [5, 5.41) is 0. The highest BCUT2D eigenvalue weighted by atomic mass is 28.4. The van der Waals surface area contributed by atoms with Crippen LogP contribution in [0.2, 0.25) is 13.1 Å². The van der Waals surface area contributed by atoms with E-state index in [4.69, 9.17) is 8.85 Å². The predicted molar refractivity (Wildman–Crippen MR) is 42.8 cm³/mol. The van der Waals surface area contributed by atoms with E-state index >= 15 is 0 Å². The third kappa shape index (κ3) is 7.88. The summed E-state index contributed by atoms with van der Waals surface area (Å²) in [6, 6.07) is 0. The van der Waals surface area contributed by atoms with Crippen molar-refractivity contribution in [2.24, 2.45) is 0 Å². The fourth-order valence-electron chi connectivity index (χ4n) is 0.0833. The Morgan fingerprint density at radius 3 is 1.22 bits per heavy atom. The Bertz CT molecular complexity index is 58.1. The molecule has 0 spiro atoms. The van der Waals surface area contributed by atoms with E-state index in [0.717, 1.165) is 0 Å². The molecule has 2 nitrogen and oxygen atoms in total. The van der Waals surface area contributed by atoms with Crippen molar-refractivity contribution >= 4 is 8.56 Å². The van der Waals surface area contributed by atoms with Crippen LogP contribution in [0.4, 0.5) is 0 Å². The zero-order valence-corrected chi connectivity index (χ0v) is 7.73. The van der Waals surface area contributed by atoms with Gasteiger partial charge in [0.1, 0.15) is 0 Å². The second kappa shape index (κ2) is 6.00. The first-order chi connectivity index (χ1) is 4.12. The van der Waals surface area contributed by atoms with E-state index in [2.05, 4.69) is 13.2 Å². The molecule has 0 aliphatic rings. The van der Waals surface area contributed by atoms with Gasteiger partial charge < -0.3 is 8.85 Å². The average Bonchev–Trinajstić information content (AvgIpc) is 1.93. The van der Waals surface area contributed by atoms with Crippen LogP contribution in [0.3, 0.4) is 0 Å². The zero-order valence-electron chi connectivity index (χ0n) is 6.73. The Morgan fingerprint density at radius 2 is 1.22 bits per heavy atom. The minimum atomic E-state index is -1.65. The second-order valence-corrected chi connectivity index (χ2v) is 5.42. The fourth-order valence-corrected chi connectivity index (χ4v) is 0.250. The van der Waals surface area contributed by atoms with Gasteiger partial charge in [-0.25, -0.2) is 0 Å². The van der Waals surface area contributed by atoms with Crippen molar-refractivity contribution < 1.29 is 8.85 Å². The van der Waals surface area contributed by atoms with Crippen molar-refractivity contribution in [2.75, 3.05) is 14.2 Å². The normalized spacial score (nSPS) is 9.78. The van der Waals surface area contributed by atoms with E-state index in [9.17, 15) is 0 Å². The molecule has 0 aliphatic heterocycles. The summed E-state index contributed by atoms with van der Waals surface area (Å²) in [6.45, 7) is 9.99. The molecule has 3 heteroatoms. The van der Waals surface area contributed by atoms with Crippen LogP contribution in [0.5, 0.6) is 0 Å². The standard InChI is InChI=1S/C4H12O2Si.C2H4/c1-5-7(3,4)6-2;1-2/h1-4H3;1-2H2. The first-order valence-corrected chi connectivity index (χ1v) is 5.54. The summed E-state index contributed by atoms with van der Waals surface area (Å²) in [5.74, 6) is 0. The quantitative estimate of drug-likeness (QED) is 0.439. The van der Waals surface area contributed by atoms with Crippen LogP contribution in [0.1, 0.15) is 0 Å². The maximum Gasteiger partial charge on any atom is 0.331 e. The van der Waals surface area contributed by atoms with Crippen LogP contribution in [-0.4, -0.2) is 22.8 Å². The molecule has 0 aromatic carbocycles. The summed E-state index contributed by atoms with van der Waals surface area (Å²) in [4.78, 5) is 0. The molecule has 0 rings (SSSR count). The third-order valence-corrected chi connectivity index (χ3v) is 2.95. The highest BCUT2D eigenvalue weighted by molar-refractivity contribution is 6.64. The van der Waals surface area contributed by atoms with E-state index < -0.39 is 8.56 Å². The minimum Gasteiger partial charge on any atom is -0.398 e. The van der Waals surface area contributed by atoms with Crippen molar-refractivity contribution in [2.45, 2.75) is 13.1 Å². The van der Waals surface area contributed by atoms with Crippen LogP contribution < -0.4 is 0 Å². The van der Waals surface area contributed by atoms with E-state index in [1.54, 1.807) is 14.2 Å². The highest BCUT2D eigenvalue weighted by Crippen LogP contribution is 1.99. The van der Waals surface area contributed by atoms with Gasteiger partial charge in [0, 0.05) is 14.2 Å². The summed E-state index contributed by atoms with van der Waals surface area (Å²) >= 11 is 0. The molecule has 0 aromatic rings. The third-order valence-electron chi connectivity index (χ3n) is 0.983. The lowest BCUT2D eigenvalue weighted by Gasteiger charge is -2.15. The van der Waals surface area contributed by atoms with Gasteiger partial charge in [-0.1, -0.05) is 0 Å². The first-order valence-electron chi connectivity index (χ1n) is 2.72. The van der Waals surface area contributed by atoms with Crippen molar-refractivity contribution in [3.63, 3.8) is 0 Å². The van der Waals surface area contributed by atoms with Gasteiger partial charge in [-0.3, -0.25) is 0 Å². The number of hydrogen-bond donors (Lipinski definition) is 0. The Kier molecular flexibility index (Phi) is 7.77. The molecule has 0 radical (unpaired) electrons. The molecule has 0 saturated heterocycles. The largest absolute Gasteiger partial charge is 0.398 e. The zero-order chi connectivity index (χ0) is 7.91. The van der Waals surface area contributed by atoms with Crippen LogP contribution in [-0.2, 0) is 8.85 Å². The summed E-state index contributed by atoms with van der Waals surface area (Å²) in [5.41, 5.74) is 0. The molecule has 0 atom stereocenters. The smallest absolute Gasteiger partial charge is 0.331 e. The van der Waals surface area contributed by atoms with Crippen LogP contribution in [0.15, 0.2) is 13.2 Å². The Balaban J connectivity index is 0. The van der Waals surface area contributed by atoms with Gasteiger partial charge in [0.05, 0.1) is 0 Å². The lowest BCUT2D eigenvalue weighted by atomic mass is 11.3. The first kappa shape index (κ1) is 11.6. The number of hydrogen-bond acceptors (Lipinski definition) is 2. The number of rotatable bonds is 2. The Hall–Kier alpha value is -0.123. The van der Waals surface area contributed by atoms with E-state index in [-0.39, 0.29) is 0 Å². The summed E-state index contributed by atoms with van der Waals surface area (Å²) in [6.07, 6.45) is 0. The molecular formula is C6H16O2Si. The van der Waals surface area contributed by atoms with Crippen LogP contribution >= 0.6 is 0 Å². The molecule has 0 unspecified atom stereocenters. The lowest BCUT2D eigenvalue weighted by Crippen LogP contribution is -2.31.